The molecule has 0 spiro atoms. The predicted octanol–water partition coefficient (Wildman–Crippen LogP) is 2.60. The van der Waals surface area contributed by atoms with Crippen LogP contribution < -0.4 is 14.8 Å². The zero-order chi connectivity index (χ0) is 19.4. The van der Waals surface area contributed by atoms with Crippen LogP contribution in [0.5, 0.6) is 11.5 Å². The van der Waals surface area contributed by atoms with E-state index in [2.05, 4.69) is 5.32 Å². The minimum absolute atomic E-state index is 0.00262. The molecule has 140 valence electrons. The molecule has 0 aliphatic carbocycles. The van der Waals surface area contributed by atoms with Crippen LogP contribution >= 0.6 is 0 Å². The fourth-order valence-electron chi connectivity index (χ4n) is 2.57. The predicted molar refractivity (Wildman–Crippen MR) is 97.0 cm³/mol. The fourth-order valence-corrected chi connectivity index (χ4v) is 2.57. The van der Waals surface area contributed by atoms with Crippen LogP contribution in [0.4, 0.5) is 5.69 Å². The van der Waals surface area contributed by atoms with Gasteiger partial charge in [0, 0.05) is 5.56 Å². The molecule has 1 heterocycles. The smallest absolute Gasteiger partial charge is 0.351 e. The van der Waals surface area contributed by atoms with Gasteiger partial charge in [-0.15, -0.1) is 0 Å². The third-order valence-corrected chi connectivity index (χ3v) is 4.00. The van der Waals surface area contributed by atoms with Crippen molar-refractivity contribution < 1.29 is 28.6 Å². The number of ether oxygens (including phenoxy) is 3. The average molecular weight is 369 g/mol. The van der Waals surface area contributed by atoms with E-state index < -0.39 is 24.1 Å². The van der Waals surface area contributed by atoms with Gasteiger partial charge in [-0.3, -0.25) is 9.59 Å². The van der Waals surface area contributed by atoms with Gasteiger partial charge in [-0.2, -0.15) is 0 Å². The number of fused-ring (bicyclic) bond motifs is 1. The van der Waals surface area contributed by atoms with Gasteiger partial charge in [0.05, 0.1) is 5.69 Å². The molecule has 0 fully saturated rings. The van der Waals surface area contributed by atoms with Gasteiger partial charge in [-0.25, -0.2) is 4.79 Å². The lowest BCUT2D eigenvalue weighted by molar-refractivity contribution is -0.162. The lowest BCUT2D eigenvalue weighted by atomic mass is 10.1. The van der Waals surface area contributed by atoms with Crippen molar-refractivity contribution in [2.75, 3.05) is 11.9 Å². The van der Waals surface area contributed by atoms with Crippen LogP contribution in [0.1, 0.15) is 24.2 Å². The number of benzene rings is 2. The first-order chi connectivity index (χ1) is 13.0. The van der Waals surface area contributed by atoms with Gasteiger partial charge in [0.15, 0.2) is 23.4 Å². The van der Waals surface area contributed by atoms with Crippen LogP contribution in [0.15, 0.2) is 48.5 Å². The summed E-state index contributed by atoms with van der Waals surface area (Å²) in [6.07, 6.45) is -2.03. The van der Waals surface area contributed by atoms with Crippen molar-refractivity contribution in [2.24, 2.45) is 0 Å². The van der Waals surface area contributed by atoms with E-state index in [4.69, 9.17) is 14.2 Å². The number of carbonyl (C=O) groups is 3. The lowest BCUT2D eigenvalue weighted by Gasteiger charge is -2.26. The summed E-state index contributed by atoms with van der Waals surface area (Å²) in [7, 11) is 0. The summed E-state index contributed by atoms with van der Waals surface area (Å²) >= 11 is 0. The molecule has 0 radical (unpaired) electrons. The normalized spacial score (nSPS) is 16.1. The Balaban J connectivity index is 1.60. The van der Waals surface area contributed by atoms with Crippen LogP contribution in [0.2, 0.25) is 0 Å². The zero-order valence-electron chi connectivity index (χ0n) is 14.9. The molecule has 0 saturated heterocycles. The summed E-state index contributed by atoms with van der Waals surface area (Å²) < 4.78 is 16.2. The second-order valence-electron chi connectivity index (χ2n) is 6.03. The zero-order valence-corrected chi connectivity index (χ0v) is 14.9. The van der Waals surface area contributed by atoms with E-state index in [1.807, 2.05) is 0 Å². The molecule has 7 heteroatoms. The third kappa shape index (κ3) is 4.25. The maximum atomic E-state index is 12.3. The number of hydrogen-bond acceptors (Lipinski definition) is 6. The average Bonchev–Trinajstić information content (AvgIpc) is 2.67. The Hall–Kier alpha value is -3.35. The molecule has 2 aromatic carbocycles. The molecule has 0 bridgehead atoms. The van der Waals surface area contributed by atoms with E-state index in [0.29, 0.717) is 22.7 Å². The van der Waals surface area contributed by atoms with Gasteiger partial charge >= 0.3 is 5.97 Å². The topological polar surface area (TPSA) is 90.9 Å². The first kappa shape index (κ1) is 18.4. The third-order valence-electron chi connectivity index (χ3n) is 4.00. The summed E-state index contributed by atoms with van der Waals surface area (Å²) in [6, 6.07) is 13.6. The first-order valence-electron chi connectivity index (χ1n) is 8.45. The lowest BCUT2D eigenvalue weighted by Crippen LogP contribution is -2.41. The Labute approximate surface area is 156 Å². The van der Waals surface area contributed by atoms with Crippen molar-refractivity contribution in [2.45, 2.75) is 26.1 Å². The fraction of sp³-hybridized carbons (Fsp3) is 0.250. The Morgan fingerprint density at radius 2 is 1.74 bits per heavy atom. The quantitative estimate of drug-likeness (QED) is 0.643. The molecule has 0 saturated carbocycles. The molecule has 1 N–H and O–H groups in total. The van der Waals surface area contributed by atoms with Gasteiger partial charge in [-0.1, -0.05) is 24.3 Å². The number of esters is 1. The molecule has 7 nitrogen and oxygen atoms in total. The van der Waals surface area contributed by atoms with Crippen molar-refractivity contribution >= 4 is 23.3 Å². The Morgan fingerprint density at radius 3 is 2.48 bits per heavy atom. The number of anilines is 1. The summed E-state index contributed by atoms with van der Waals surface area (Å²) in [6.45, 7) is 2.85. The second-order valence-corrected chi connectivity index (χ2v) is 6.03. The van der Waals surface area contributed by atoms with Crippen molar-refractivity contribution in [3.8, 4) is 11.5 Å². The number of Topliss-reactive ketones (excluding diaryl/α,β-unsaturated/α-hetero) is 1. The molecule has 0 unspecified atom stereocenters. The Morgan fingerprint density at radius 1 is 1.07 bits per heavy atom. The highest BCUT2D eigenvalue weighted by Crippen LogP contribution is 2.31. The molecule has 1 amide bonds. The first-order valence-corrected chi connectivity index (χ1v) is 8.45. The number of para-hydroxylation sites is 3. The largest absolute Gasteiger partial charge is 0.485 e. The SMILES string of the molecule is CC(=O)c1ccccc1NC(=O)[C@@H](C)OC(=O)[C@H]1COc2ccccc2O1. The standard InChI is InChI=1S/C20H19NO6/c1-12(22)14-7-3-4-8-15(14)21-19(23)13(2)26-20(24)18-11-25-16-9-5-6-10-17(16)27-18/h3-10,13,18H,11H2,1-2H3,(H,21,23)/t13-,18-/m1/s1. The van der Waals surface area contributed by atoms with E-state index >= 15 is 0 Å². The van der Waals surface area contributed by atoms with Crippen molar-refractivity contribution in [3.63, 3.8) is 0 Å². The van der Waals surface area contributed by atoms with E-state index in [-0.39, 0.29) is 12.4 Å². The summed E-state index contributed by atoms with van der Waals surface area (Å²) in [5.41, 5.74) is 0.745. The maximum Gasteiger partial charge on any atom is 0.351 e. The number of hydrogen-bond donors (Lipinski definition) is 1. The van der Waals surface area contributed by atoms with Crippen LogP contribution in [-0.4, -0.2) is 36.5 Å². The van der Waals surface area contributed by atoms with Crippen molar-refractivity contribution in [1.29, 1.82) is 0 Å². The molecule has 1 aliphatic rings. The summed E-state index contributed by atoms with van der Waals surface area (Å²) in [5.74, 6) is -0.436. The highest BCUT2D eigenvalue weighted by atomic mass is 16.6. The Bertz CT molecular complexity index is 878. The van der Waals surface area contributed by atoms with E-state index in [0.717, 1.165) is 0 Å². The molecular weight excluding hydrogens is 350 g/mol. The summed E-state index contributed by atoms with van der Waals surface area (Å²) in [4.78, 5) is 36.3. The minimum Gasteiger partial charge on any atom is -0.485 e. The number of amides is 1. The second kappa shape index (κ2) is 7.90. The van der Waals surface area contributed by atoms with Gasteiger partial charge < -0.3 is 19.5 Å². The van der Waals surface area contributed by atoms with Crippen molar-refractivity contribution in [1.82, 2.24) is 0 Å². The van der Waals surface area contributed by atoms with Gasteiger partial charge in [-0.05, 0) is 38.1 Å². The molecule has 2 atom stereocenters. The van der Waals surface area contributed by atoms with Crippen molar-refractivity contribution in [3.05, 3.63) is 54.1 Å². The molecule has 3 rings (SSSR count). The highest BCUT2D eigenvalue weighted by Gasteiger charge is 2.31. The van der Waals surface area contributed by atoms with Gasteiger partial charge in [0.2, 0.25) is 6.10 Å². The Kier molecular flexibility index (Phi) is 5.40. The molecule has 0 aromatic heterocycles. The molecule has 2 aromatic rings. The minimum atomic E-state index is -1.07. The molecule has 27 heavy (non-hydrogen) atoms. The monoisotopic (exact) mass is 369 g/mol. The van der Waals surface area contributed by atoms with E-state index in [1.165, 1.54) is 13.8 Å². The number of ketones is 1. The molecular formula is C20H19NO6. The van der Waals surface area contributed by atoms with E-state index in [9.17, 15) is 14.4 Å². The van der Waals surface area contributed by atoms with Crippen LogP contribution in [0.25, 0.3) is 0 Å². The maximum absolute atomic E-state index is 12.3. The van der Waals surface area contributed by atoms with E-state index in [1.54, 1.807) is 48.5 Å². The van der Waals surface area contributed by atoms with Crippen LogP contribution in [-0.2, 0) is 14.3 Å². The van der Waals surface area contributed by atoms with Crippen LogP contribution in [0, 0.1) is 0 Å². The number of carbonyl (C=O) groups excluding carboxylic acids is 3. The van der Waals surface area contributed by atoms with Gasteiger partial charge in [0.1, 0.15) is 6.61 Å². The highest BCUT2D eigenvalue weighted by molar-refractivity contribution is 6.04. The summed E-state index contributed by atoms with van der Waals surface area (Å²) in [5, 5.41) is 2.61. The molecule has 1 aliphatic heterocycles. The number of nitrogens with one attached hydrogen (secondary N) is 1. The van der Waals surface area contributed by atoms with Crippen LogP contribution in [0.3, 0.4) is 0 Å². The van der Waals surface area contributed by atoms with Gasteiger partial charge in [0.25, 0.3) is 5.91 Å². The number of rotatable bonds is 5.